The maximum atomic E-state index is 14.0. The number of H-pyrrole nitrogens is 1. The zero-order chi connectivity index (χ0) is 44.2. The fourth-order valence-electron chi connectivity index (χ4n) is 10.0. The van der Waals surface area contributed by atoms with Crippen molar-refractivity contribution >= 4 is 62.8 Å². The van der Waals surface area contributed by atoms with Crippen LogP contribution >= 0.6 is 0 Å². The molecule has 3 aromatic carbocycles. The molecule has 3 fully saturated rings. The predicted octanol–water partition coefficient (Wildman–Crippen LogP) is 7.66. The van der Waals surface area contributed by atoms with E-state index in [0.29, 0.717) is 18.9 Å². The number of likely N-dealkylation sites (tertiary alicyclic amines) is 1. The number of aromatic nitrogens is 2. The van der Waals surface area contributed by atoms with Crippen LogP contribution < -0.4 is 21.3 Å². The minimum Gasteiger partial charge on any atom is -0.456 e. The molecular formula is C48H58N8O7. The second-order valence-electron chi connectivity index (χ2n) is 18.8. The minimum atomic E-state index is -0.748. The Labute approximate surface area is 366 Å². The van der Waals surface area contributed by atoms with Crippen molar-refractivity contribution < 1.29 is 33.1 Å². The van der Waals surface area contributed by atoms with Gasteiger partial charge in [-0.15, -0.1) is 0 Å². The number of hydrogen-bond acceptors (Lipinski definition) is 10. The van der Waals surface area contributed by atoms with Crippen LogP contribution in [0.5, 0.6) is 0 Å². The van der Waals surface area contributed by atoms with E-state index in [0.717, 1.165) is 100 Å². The van der Waals surface area contributed by atoms with Crippen LogP contribution in [-0.4, -0.2) is 90.1 Å². The van der Waals surface area contributed by atoms with Gasteiger partial charge in [0.15, 0.2) is 0 Å². The van der Waals surface area contributed by atoms with E-state index in [1.165, 1.54) is 14.2 Å². The molecule has 5 N–H and O–H groups in total. The first-order valence-corrected chi connectivity index (χ1v) is 22.4. The van der Waals surface area contributed by atoms with Gasteiger partial charge in [-0.25, -0.2) is 14.6 Å². The summed E-state index contributed by atoms with van der Waals surface area (Å²) in [5.41, 5.74) is 6.40. The quantitative estimate of drug-likeness (QED) is 0.0838. The molecule has 63 heavy (non-hydrogen) atoms. The van der Waals surface area contributed by atoms with Crippen LogP contribution in [0.1, 0.15) is 96.1 Å². The molecule has 4 heterocycles. The summed E-state index contributed by atoms with van der Waals surface area (Å²) in [6.45, 7) is 8.85. The van der Waals surface area contributed by atoms with Gasteiger partial charge in [0, 0.05) is 17.3 Å². The Balaban J connectivity index is 0.923. The second-order valence-corrected chi connectivity index (χ2v) is 18.8. The summed E-state index contributed by atoms with van der Waals surface area (Å²) >= 11 is 0. The van der Waals surface area contributed by atoms with E-state index in [2.05, 4.69) is 74.8 Å². The third-order valence-corrected chi connectivity index (χ3v) is 13.8. The lowest BCUT2D eigenvalue weighted by Gasteiger charge is -2.31. The van der Waals surface area contributed by atoms with E-state index >= 15 is 0 Å². The molecule has 5 aromatic rings. The Hall–Kier alpha value is -6.12. The molecule has 1 saturated heterocycles. The van der Waals surface area contributed by atoms with E-state index in [4.69, 9.17) is 23.9 Å². The number of fused-ring (bicyclic) bond motifs is 4. The summed E-state index contributed by atoms with van der Waals surface area (Å²) in [5, 5.41) is 14.4. The molecule has 2 saturated carbocycles. The van der Waals surface area contributed by atoms with Crippen LogP contribution in [0.15, 0.2) is 64.0 Å². The normalized spacial score (nSPS) is 20.9. The monoisotopic (exact) mass is 858 g/mol. The largest absolute Gasteiger partial charge is 0.456 e. The number of imidazole rings is 1. The van der Waals surface area contributed by atoms with E-state index in [9.17, 15) is 19.2 Å². The molecule has 15 nitrogen and oxygen atoms in total. The van der Waals surface area contributed by atoms with Crippen molar-refractivity contribution in [3.05, 3.63) is 66.0 Å². The maximum absolute atomic E-state index is 14.0. The molecule has 2 aromatic heterocycles. The van der Waals surface area contributed by atoms with Gasteiger partial charge in [-0.05, 0) is 102 Å². The lowest BCUT2D eigenvalue weighted by Crippen LogP contribution is -2.55. The SMILES string of the molecule is COC(=O)N[C@H](C(=O)N[C@H](c1nc2ccc(-c3ccc4c(c3)oc3cc(C5CN=C([C@@H]6CC7(CC7)CN6C(=O)[C@@H](NC(=O)OC)C(C)C)N5)ccc34)cc2[nH]1)C1CCCC1)C(C)C. The zero-order valence-electron chi connectivity index (χ0n) is 36.9. The average molecular weight is 859 g/mol. The highest BCUT2D eigenvalue weighted by molar-refractivity contribution is 6.06. The van der Waals surface area contributed by atoms with Crippen LogP contribution in [0.3, 0.4) is 0 Å². The van der Waals surface area contributed by atoms with Gasteiger partial charge in [-0.2, -0.15) is 0 Å². The molecule has 332 valence electrons. The van der Waals surface area contributed by atoms with E-state index < -0.39 is 24.3 Å². The number of aromatic amines is 1. The summed E-state index contributed by atoms with van der Waals surface area (Å²) in [6, 6.07) is 16.7. The van der Waals surface area contributed by atoms with Crippen LogP contribution in [0.2, 0.25) is 0 Å². The Morgan fingerprint density at radius 1 is 0.825 bits per heavy atom. The van der Waals surface area contributed by atoms with Crippen LogP contribution in [0.25, 0.3) is 44.1 Å². The summed E-state index contributed by atoms with van der Waals surface area (Å²) in [6.07, 6.45) is 5.93. The highest BCUT2D eigenvalue weighted by Gasteiger charge is 2.56. The average Bonchev–Trinajstić information content (AvgIpc) is 3.92. The fourth-order valence-corrected chi connectivity index (χ4v) is 10.0. The van der Waals surface area contributed by atoms with E-state index in [-0.39, 0.29) is 53.1 Å². The molecule has 5 atom stereocenters. The number of amides is 4. The summed E-state index contributed by atoms with van der Waals surface area (Å²) in [4.78, 5) is 67.2. The Morgan fingerprint density at radius 2 is 1.48 bits per heavy atom. The van der Waals surface area contributed by atoms with Gasteiger partial charge in [0.05, 0.1) is 49.9 Å². The zero-order valence-corrected chi connectivity index (χ0v) is 36.9. The number of aliphatic imine (C=N–C) groups is 1. The first-order valence-electron chi connectivity index (χ1n) is 22.4. The number of carbonyl (C=O) groups is 4. The molecule has 4 aliphatic rings. The highest BCUT2D eigenvalue weighted by atomic mass is 16.5. The predicted molar refractivity (Wildman–Crippen MR) is 240 cm³/mol. The van der Waals surface area contributed by atoms with Crippen molar-refractivity contribution in [1.29, 1.82) is 0 Å². The number of ether oxygens (including phenoxy) is 2. The van der Waals surface area contributed by atoms with Crippen molar-refractivity contribution in [1.82, 2.24) is 36.1 Å². The lowest BCUT2D eigenvalue weighted by atomic mass is 9.96. The number of nitrogens with one attached hydrogen (secondary N) is 5. The van der Waals surface area contributed by atoms with Gasteiger partial charge in [-0.1, -0.05) is 64.8 Å². The van der Waals surface area contributed by atoms with Gasteiger partial charge in [0.1, 0.15) is 34.9 Å². The fraction of sp³-hybridized carbons (Fsp3) is 0.500. The number of methoxy groups -OCH3 is 2. The van der Waals surface area contributed by atoms with Crippen LogP contribution in [0, 0.1) is 23.2 Å². The van der Waals surface area contributed by atoms with E-state index in [1.807, 2.05) is 38.7 Å². The summed E-state index contributed by atoms with van der Waals surface area (Å²) in [7, 11) is 2.60. The third-order valence-electron chi connectivity index (χ3n) is 13.8. The Kier molecular flexibility index (Phi) is 11.3. The number of carbonyl (C=O) groups excluding carboxylic acids is 4. The highest BCUT2D eigenvalue weighted by Crippen LogP contribution is 2.55. The molecular weight excluding hydrogens is 801 g/mol. The minimum absolute atomic E-state index is 0.0734. The number of amidine groups is 1. The Morgan fingerprint density at radius 3 is 2.16 bits per heavy atom. The van der Waals surface area contributed by atoms with Gasteiger partial charge < -0.3 is 45.0 Å². The topological polar surface area (TPSA) is 192 Å². The number of nitrogens with zero attached hydrogens (tertiary/aromatic N) is 3. The van der Waals surface area contributed by atoms with Crippen molar-refractivity contribution in [3.8, 4) is 11.1 Å². The molecule has 1 unspecified atom stereocenters. The van der Waals surface area contributed by atoms with Crippen molar-refractivity contribution in [2.75, 3.05) is 27.3 Å². The number of furan rings is 1. The molecule has 2 aliphatic carbocycles. The Bertz CT molecular complexity index is 2600. The lowest BCUT2D eigenvalue weighted by molar-refractivity contribution is -0.134. The molecule has 2 aliphatic heterocycles. The van der Waals surface area contributed by atoms with Crippen molar-refractivity contribution in [2.24, 2.45) is 28.2 Å². The molecule has 4 amide bonds. The van der Waals surface area contributed by atoms with E-state index in [1.54, 1.807) is 0 Å². The van der Waals surface area contributed by atoms with Gasteiger partial charge in [-0.3, -0.25) is 14.6 Å². The summed E-state index contributed by atoms with van der Waals surface area (Å²) in [5.74, 6) is 1.13. The number of hydrogen-bond donors (Lipinski definition) is 5. The number of benzene rings is 3. The summed E-state index contributed by atoms with van der Waals surface area (Å²) < 4.78 is 16.2. The first-order chi connectivity index (χ1) is 30.3. The molecule has 1 spiro atoms. The molecule has 0 bridgehead atoms. The van der Waals surface area contributed by atoms with Crippen molar-refractivity contribution in [3.63, 3.8) is 0 Å². The standard InChI is InChI=1S/C48H58N8O7/c1-25(2)39(54-46(59)61-5)44(57)53-41(27-9-7-8-10-27)43-50-33-16-13-28(19-34(33)51-43)29-11-14-31-32-15-12-30(21-38(32)63-37(31)20-29)35-23-49-42(52-35)36-22-48(17-18-48)24-56(36)45(58)40(26(3)4)55-47(60)62-6/h11-16,19-21,25-27,35-36,39-41H,7-10,17-18,22-24H2,1-6H3,(H,49,52)(H,50,51)(H,53,57)(H,54,59)(H,55,60)/t35?,36-,39-,40-,41-/m0/s1. The van der Waals surface area contributed by atoms with Gasteiger partial charge in [0.2, 0.25) is 11.8 Å². The van der Waals surface area contributed by atoms with Crippen molar-refractivity contribution in [2.45, 2.75) is 103 Å². The van der Waals surface area contributed by atoms with Gasteiger partial charge in [0.25, 0.3) is 0 Å². The van der Waals surface area contributed by atoms with Crippen LogP contribution in [0.4, 0.5) is 9.59 Å². The molecule has 9 rings (SSSR count). The molecule has 15 heteroatoms. The number of alkyl carbamates (subject to hydrolysis) is 2. The number of rotatable bonds is 12. The smallest absolute Gasteiger partial charge is 0.407 e. The third kappa shape index (κ3) is 8.29. The second kappa shape index (κ2) is 16.9. The van der Waals surface area contributed by atoms with Gasteiger partial charge >= 0.3 is 12.2 Å². The first kappa shape index (κ1) is 42.2. The van der Waals surface area contributed by atoms with Crippen LogP contribution in [-0.2, 0) is 19.1 Å². The molecule has 0 radical (unpaired) electrons. The maximum Gasteiger partial charge on any atom is 0.407 e.